The number of hydrogen-bond acceptors (Lipinski definition) is 3. The SMILES string of the molecule is CC(c1ccc(CCNC(=O)c2ccc(-c3ccc(F)cc3)cc2)cc1)N1CCN(C)CC1. The highest BCUT2D eigenvalue weighted by atomic mass is 19.1. The van der Waals surface area contributed by atoms with Crippen molar-refractivity contribution in [1.29, 1.82) is 0 Å². The van der Waals surface area contributed by atoms with Crippen LogP contribution in [0.1, 0.15) is 34.5 Å². The predicted molar refractivity (Wildman–Crippen MR) is 132 cm³/mol. The van der Waals surface area contributed by atoms with Gasteiger partial charge in [-0.05, 0) is 66.9 Å². The molecule has 1 aliphatic heterocycles. The molecule has 1 atom stereocenters. The molecule has 1 fully saturated rings. The van der Waals surface area contributed by atoms with Crippen molar-refractivity contribution >= 4 is 5.91 Å². The zero-order valence-electron chi connectivity index (χ0n) is 19.4. The van der Waals surface area contributed by atoms with Gasteiger partial charge in [0.2, 0.25) is 0 Å². The fourth-order valence-electron chi connectivity index (χ4n) is 4.26. The third-order valence-corrected chi connectivity index (χ3v) is 6.57. The van der Waals surface area contributed by atoms with Gasteiger partial charge >= 0.3 is 0 Å². The van der Waals surface area contributed by atoms with Crippen molar-refractivity contribution in [1.82, 2.24) is 15.1 Å². The van der Waals surface area contributed by atoms with Gasteiger partial charge in [-0.25, -0.2) is 4.39 Å². The number of piperazine rings is 1. The monoisotopic (exact) mass is 445 g/mol. The van der Waals surface area contributed by atoms with E-state index in [0.717, 1.165) is 43.7 Å². The number of benzene rings is 3. The molecule has 0 aliphatic carbocycles. The van der Waals surface area contributed by atoms with Crippen LogP contribution in [0.25, 0.3) is 11.1 Å². The quantitative estimate of drug-likeness (QED) is 0.569. The Morgan fingerprint density at radius 2 is 1.45 bits per heavy atom. The van der Waals surface area contributed by atoms with Crippen LogP contribution in [0.2, 0.25) is 0 Å². The summed E-state index contributed by atoms with van der Waals surface area (Å²) < 4.78 is 13.1. The fraction of sp³-hybridized carbons (Fsp3) is 0.321. The lowest BCUT2D eigenvalue weighted by Crippen LogP contribution is -2.45. The maximum Gasteiger partial charge on any atom is 0.251 e. The summed E-state index contributed by atoms with van der Waals surface area (Å²) in [7, 11) is 2.18. The Balaban J connectivity index is 1.26. The summed E-state index contributed by atoms with van der Waals surface area (Å²) in [6.07, 6.45) is 0.794. The smallest absolute Gasteiger partial charge is 0.251 e. The number of rotatable bonds is 7. The second-order valence-corrected chi connectivity index (χ2v) is 8.85. The van der Waals surface area contributed by atoms with Gasteiger partial charge in [-0.2, -0.15) is 0 Å². The van der Waals surface area contributed by atoms with Gasteiger partial charge in [0.25, 0.3) is 5.91 Å². The van der Waals surface area contributed by atoms with Gasteiger partial charge in [-0.3, -0.25) is 9.69 Å². The summed E-state index contributed by atoms with van der Waals surface area (Å²) in [4.78, 5) is 17.4. The molecule has 0 saturated carbocycles. The number of halogens is 1. The van der Waals surface area contributed by atoms with Gasteiger partial charge in [0.1, 0.15) is 5.82 Å². The summed E-state index contributed by atoms with van der Waals surface area (Å²) >= 11 is 0. The van der Waals surface area contributed by atoms with Crippen LogP contribution in [0.3, 0.4) is 0 Å². The van der Waals surface area contributed by atoms with E-state index in [1.165, 1.54) is 23.3 Å². The van der Waals surface area contributed by atoms with Crippen LogP contribution in [0.5, 0.6) is 0 Å². The lowest BCUT2D eigenvalue weighted by molar-refractivity contribution is 0.0954. The van der Waals surface area contributed by atoms with Crippen molar-refractivity contribution in [3.63, 3.8) is 0 Å². The van der Waals surface area contributed by atoms with Gasteiger partial charge in [-0.1, -0.05) is 48.5 Å². The van der Waals surface area contributed by atoms with E-state index in [-0.39, 0.29) is 11.7 Å². The molecule has 3 aromatic carbocycles. The molecular weight excluding hydrogens is 413 g/mol. The Morgan fingerprint density at radius 3 is 2.06 bits per heavy atom. The lowest BCUT2D eigenvalue weighted by atomic mass is 10.0. The first kappa shape index (κ1) is 23.1. The van der Waals surface area contributed by atoms with Crippen LogP contribution < -0.4 is 5.32 Å². The molecule has 33 heavy (non-hydrogen) atoms. The number of carbonyl (C=O) groups is 1. The molecule has 1 unspecified atom stereocenters. The van der Waals surface area contributed by atoms with Crippen molar-refractivity contribution in [2.45, 2.75) is 19.4 Å². The average Bonchev–Trinajstić information content (AvgIpc) is 2.85. The van der Waals surface area contributed by atoms with E-state index in [1.807, 2.05) is 24.3 Å². The molecule has 1 aliphatic rings. The van der Waals surface area contributed by atoms with E-state index in [4.69, 9.17) is 0 Å². The second kappa shape index (κ2) is 10.7. The number of likely N-dealkylation sites (N-methyl/N-ethyl adjacent to an activating group) is 1. The lowest BCUT2D eigenvalue weighted by Gasteiger charge is -2.36. The van der Waals surface area contributed by atoms with E-state index in [0.29, 0.717) is 18.2 Å². The minimum atomic E-state index is -0.256. The molecule has 1 amide bonds. The summed E-state index contributed by atoms with van der Waals surface area (Å²) in [6, 6.07) is 23.0. The van der Waals surface area contributed by atoms with Gasteiger partial charge in [-0.15, -0.1) is 0 Å². The Kier molecular flexibility index (Phi) is 7.53. The zero-order valence-corrected chi connectivity index (χ0v) is 19.4. The molecule has 172 valence electrons. The van der Waals surface area contributed by atoms with Gasteiger partial charge in [0, 0.05) is 44.3 Å². The Hall–Kier alpha value is -3.02. The highest BCUT2D eigenvalue weighted by molar-refractivity contribution is 5.94. The highest BCUT2D eigenvalue weighted by Gasteiger charge is 2.20. The van der Waals surface area contributed by atoms with E-state index in [9.17, 15) is 9.18 Å². The van der Waals surface area contributed by atoms with Gasteiger partial charge < -0.3 is 10.2 Å². The minimum Gasteiger partial charge on any atom is -0.352 e. The van der Waals surface area contributed by atoms with E-state index in [1.54, 1.807) is 12.1 Å². The van der Waals surface area contributed by atoms with Crippen molar-refractivity contribution < 1.29 is 9.18 Å². The molecule has 4 nitrogen and oxygen atoms in total. The average molecular weight is 446 g/mol. The van der Waals surface area contributed by atoms with Gasteiger partial charge in [0.05, 0.1) is 0 Å². The maximum absolute atomic E-state index is 13.1. The van der Waals surface area contributed by atoms with E-state index in [2.05, 4.69) is 53.4 Å². The Morgan fingerprint density at radius 1 is 0.879 bits per heavy atom. The van der Waals surface area contributed by atoms with Crippen LogP contribution in [0, 0.1) is 5.82 Å². The molecule has 0 aromatic heterocycles. The largest absolute Gasteiger partial charge is 0.352 e. The molecule has 4 rings (SSSR count). The molecule has 3 aromatic rings. The molecule has 5 heteroatoms. The van der Waals surface area contributed by atoms with Crippen molar-refractivity contribution in [2.75, 3.05) is 39.8 Å². The maximum atomic E-state index is 13.1. The minimum absolute atomic E-state index is 0.0824. The van der Waals surface area contributed by atoms with Crippen LogP contribution in [0.4, 0.5) is 4.39 Å². The number of amides is 1. The number of nitrogens with zero attached hydrogens (tertiary/aromatic N) is 2. The second-order valence-electron chi connectivity index (χ2n) is 8.85. The van der Waals surface area contributed by atoms with Crippen LogP contribution >= 0.6 is 0 Å². The predicted octanol–water partition coefficient (Wildman–Crippen LogP) is 4.77. The van der Waals surface area contributed by atoms with Crippen molar-refractivity contribution in [2.24, 2.45) is 0 Å². The number of nitrogens with one attached hydrogen (secondary N) is 1. The molecule has 1 heterocycles. The normalized spacial score (nSPS) is 15.8. The highest BCUT2D eigenvalue weighted by Crippen LogP contribution is 2.22. The third kappa shape index (κ3) is 6.06. The Bertz CT molecular complexity index is 1040. The summed E-state index contributed by atoms with van der Waals surface area (Å²) in [5.74, 6) is -0.338. The topological polar surface area (TPSA) is 35.6 Å². The summed E-state index contributed by atoms with van der Waals surface area (Å²) in [5.41, 5.74) is 5.06. The molecule has 1 saturated heterocycles. The zero-order chi connectivity index (χ0) is 23.2. The first-order valence-electron chi connectivity index (χ1n) is 11.7. The Labute approximate surface area is 196 Å². The van der Waals surface area contributed by atoms with Crippen LogP contribution in [-0.2, 0) is 6.42 Å². The molecule has 0 spiro atoms. The fourth-order valence-corrected chi connectivity index (χ4v) is 4.26. The van der Waals surface area contributed by atoms with E-state index >= 15 is 0 Å². The first-order chi connectivity index (χ1) is 16.0. The van der Waals surface area contributed by atoms with Crippen molar-refractivity contribution in [3.05, 3.63) is 95.3 Å². The number of hydrogen-bond donors (Lipinski definition) is 1. The molecular formula is C28H32FN3O. The summed E-state index contributed by atoms with van der Waals surface area (Å²) in [6.45, 7) is 7.33. The van der Waals surface area contributed by atoms with Crippen LogP contribution in [0.15, 0.2) is 72.8 Å². The van der Waals surface area contributed by atoms with E-state index < -0.39 is 0 Å². The van der Waals surface area contributed by atoms with Crippen molar-refractivity contribution in [3.8, 4) is 11.1 Å². The third-order valence-electron chi connectivity index (χ3n) is 6.57. The molecule has 0 radical (unpaired) electrons. The molecule has 0 bridgehead atoms. The van der Waals surface area contributed by atoms with Gasteiger partial charge in [0.15, 0.2) is 0 Å². The first-order valence-corrected chi connectivity index (χ1v) is 11.7. The molecule has 1 N–H and O–H groups in total. The number of carbonyl (C=O) groups excluding carboxylic acids is 1. The summed E-state index contributed by atoms with van der Waals surface area (Å²) in [5, 5.41) is 3.01. The van der Waals surface area contributed by atoms with Crippen LogP contribution in [-0.4, -0.2) is 55.5 Å². The standard InChI is InChI=1S/C28H32FN3O/c1-21(32-19-17-31(2)18-20-32)23-5-3-22(4-6-23)15-16-30-28(33)26-9-7-24(8-10-26)25-11-13-27(29)14-12-25/h3-14,21H,15-20H2,1-2H3,(H,30,33).